The molecule has 1 heteroatoms. The molecule has 0 N–H and O–H groups in total. The largest absolute Gasteiger partial charge is 0.497 e. The molecular weight excluding hydrogens is 148 g/mol. The fraction of sp³-hybridized carbons (Fsp3) is 0.636. The molecule has 0 amide bonds. The molecule has 0 aromatic heterocycles. The molecule has 0 aromatic rings. The molecule has 1 aliphatic carbocycles. The first kappa shape index (κ1) is 9.37. The van der Waals surface area contributed by atoms with E-state index in [0.717, 1.165) is 18.6 Å². The van der Waals surface area contributed by atoms with Gasteiger partial charge in [-0.2, -0.15) is 0 Å². The summed E-state index contributed by atoms with van der Waals surface area (Å²) in [4.78, 5) is 0. The Labute approximate surface area is 75.1 Å². The van der Waals surface area contributed by atoms with Crippen molar-refractivity contribution in [2.45, 2.75) is 33.6 Å². The van der Waals surface area contributed by atoms with Crippen LogP contribution in [0.25, 0.3) is 0 Å². The number of hydrogen-bond acceptors (Lipinski definition) is 1. The molecule has 1 rings (SSSR count). The summed E-state index contributed by atoms with van der Waals surface area (Å²) in [5.41, 5.74) is 1.55. The topological polar surface area (TPSA) is 9.23 Å². The summed E-state index contributed by atoms with van der Waals surface area (Å²) in [6, 6.07) is 0. The molecule has 0 unspecified atom stereocenters. The third-order valence-corrected chi connectivity index (χ3v) is 2.14. The Balaban J connectivity index is 2.88. The SMILES string of the molecule is COC1=CCCC=C1C(C)(C)C. The van der Waals surface area contributed by atoms with E-state index in [1.165, 1.54) is 5.57 Å². The molecule has 0 saturated carbocycles. The molecule has 12 heavy (non-hydrogen) atoms. The zero-order valence-corrected chi connectivity index (χ0v) is 8.48. The average molecular weight is 166 g/mol. The van der Waals surface area contributed by atoms with Crippen LogP contribution >= 0.6 is 0 Å². The van der Waals surface area contributed by atoms with E-state index in [1.54, 1.807) is 7.11 Å². The number of ether oxygens (including phenoxy) is 1. The van der Waals surface area contributed by atoms with Crippen molar-refractivity contribution in [3.8, 4) is 0 Å². The predicted molar refractivity (Wildman–Crippen MR) is 51.9 cm³/mol. The quantitative estimate of drug-likeness (QED) is 0.581. The van der Waals surface area contributed by atoms with Crippen LogP contribution in [0.4, 0.5) is 0 Å². The minimum absolute atomic E-state index is 0.211. The van der Waals surface area contributed by atoms with Gasteiger partial charge in [-0.15, -0.1) is 0 Å². The maximum Gasteiger partial charge on any atom is 0.118 e. The summed E-state index contributed by atoms with van der Waals surface area (Å²) in [6.45, 7) is 6.66. The third-order valence-electron chi connectivity index (χ3n) is 2.14. The molecule has 0 heterocycles. The molecule has 1 nitrogen and oxygen atoms in total. The number of hydrogen-bond donors (Lipinski definition) is 0. The molecule has 0 aromatic carbocycles. The van der Waals surface area contributed by atoms with E-state index >= 15 is 0 Å². The molecule has 0 bridgehead atoms. The lowest BCUT2D eigenvalue weighted by Gasteiger charge is -2.26. The van der Waals surface area contributed by atoms with E-state index in [2.05, 4.69) is 32.9 Å². The maximum atomic E-state index is 5.32. The zero-order chi connectivity index (χ0) is 9.19. The van der Waals surface area contributed by atoms with Gasteiger partial charge < -0.3 is 4.74 Å². The van der Waals surface area contributed by atoms with Gasteiger partial charge in [-0.1, -0.05) is 26.8 Å². The minimum Gasteiger partial charge on any atom is -0.497 e. The smallest absolute Gasteiger partial charge is 0.118 e. The molecule has 68 valence electrons. The maximum absolute atomic E-state index is 5.32. The van der Waals surface area contributed by atoms with E-state index in [4.69, 9.17) is 4.74 Å². The summed E-state index contributed by atoms with van der Waals surface area (Å²) in [7, 11) is 1.75. The Morgan fingerprint density at radius 2 is 1.75 bits per heavy atom. The van der Waals surface area contributed by atoms with Gasteiger partial charge in [0.1, 0.15) is 5.76 Å². The van der Waals surface area contributed by atoms with Crippen molar-refractivity contribution in [1.82, 2.24) is 0 Å². The molecular formula is C11H18O. The lowest BCUT2D eigenvalue weighted by Crippen LogP contribution is -2.14. The second-order valence-corrected chi connectivity index (χ2v) is 4.22. The van der Waals surface area contributed by atoms with E-state index in [9.17, 15) is 0 Å². The highest BCUT2D eigenvalue weighted by Gasteiger charge is 2.22. The van der Waals surface area contributed by atoms with Crippen molar-refractivity contribution in [1.29, 1.82) is 0 Å². The van der Waals surface area contributed by atoms with E-state index in [0.29, 0.717) is 0 Å². The van der Waals surface area contributed by atoms with Crippen molar-refractivity contribution >= 4 is 0 Å². The first-order valence-electron chi connectivity index (χ1n) is 4.51. The fourth-order valence-corrected chi connectivity index (χ4v) is 1.52. The van der Waals surface area contributed by atoms with Crippen LogP contribution in [0.1, 0.15) is 33.6 Å². The highest BCUT2D eigenvalue weighted by atomic mass is 16.5. The van der Waals surface area contributed by atoms with E-state index in [-0.39, 0.29) is 5.41 Å². The Morgan fingerprint density at radius 3 is 2.17 bits per heavy atom. The normalized spacial score (nSPS) is 18.3. The second kappa shape index (κ2) is 3.34. The first-order valence-corrected chi connectivity index (χ1v) is 4.51. The number of allylic oxidation sites excluding steroid dienone is 3. The van der Waals surface area contributed by atoms with Crippen LogP contribution in [-0.4, -0.2) is 7.11 Å². The van der Waals surface area contributed by atoms with Gasteiger partial charge in [-0.05, 0) is 29.9 Å². The molecule has 0 fully saturated rings. The summed E-state index contributed by atoms with van der Waals surface area (Å²) in [5, 5.41) is 0. The van der Waals surface area contributed by atoms with Crippen molar-refractivity contribution in [2.75, 3.05) is 7.11 Å². The van der Waals surface area contributed by atoms with Gasteiger partial charge in [0.2, 0.25) is 0 Å². The fourth-order valence-electron chi connectivity index (χ4n) is 1.52. The van der Waals surface area contributed by atoms with Gasteiger partial charge >= 0.3 is 0 Å². The molecule has 0 radical (unpaired) electrons. The molecule has 0 atom stereocenters. The van der Waals surface area contributed by atoms with Crippen LogP contribution in [0, 0.1) is 5.41 Å². The first-order chi connectivity index (χ1) is 5.55. The third kappa shape index (κ3) is 1.90. The standard InChI is InChI=1S/C11H18O/c1-11(2,3)9-7-5-6-8-10(9)12-4/h7-8H,5-6H2,1-4H3. The number of methoxy groups -OCH3 is 1. The monoisotopic (exact) mass is 166 g/mol. The minimum atomic E-state index is 0.211. The van der Waals surface area contributed by atoms with Crippen LogP contribution in [-0.2, 0) is 4.74 Å². The van der Waals surface area contributed by atoms with Crippen LogP contribution in [0.3, 0.4) is 0 Å². The Morgan fingerprint density at radius 1 is 1.17 bits per heavy atom. The summed E-state index contributed by atoms with van der Waals surface area (Å²) < 4.78 is 5.32. The van der Waals surface area contributed by atoms with E-state index < -0.39 is 0 Å². The average Bonchev–Trinajstić information content (AvgIpc) is 2.03. The van der Waals surface area contributed by atoms with Gasteiger partial charge in [-0.3, -0.25) is 0 Å². The predicted octanol–water partition coefficient (Wildman–Crippen LogP) is 3.28. The highest BCUT2D eigenvalue weighted by Crippen LogP contribution is 2.34. The van der Waals surface area contributed by atoms with Crippen molar-refractivity contribution < 1.29 is 4.74 Å². The summed E-state index contributed by atoms with van der Waals surface area (Å²) in [6.07, 6.45) is 6.74. The lowest BCUT2D eigenvalue weighted by atomic mass is 9.82. The van der Waals surface area contributed by atoms with Crippen molar-refractivity contribution in [3.05, 3.63) is 23.5 Å². The molecule has 0 aliphatic heterocycles. The summed E-state index contributed by atoms with van der Waals surface area (Å²) in [5.74, 6) is 1.06. The van der Waals surface area contributed by atoms with Gasteiger partial charge in [0.25, 0.3) is 0 Å². The Bertz CT molecular complexity index is 216. The van der Waals surface area contributed by atoms with Crippen LogP contribution < -0.4 is 0 Å². The highest BCUT2D eigenvalue weighted by molar-refractivity contribution is 5.33. The Hall–Kier alpha value is -0.720. The molecule has 1 aliphatic rings. The number of rotatable bonds is 1. The van der Waals surface area contributed by atoms with E-state index in [1.807, 2.05) is 0 Å². The Kier molecular flexibility index (Phi) is 2.61. The second-order valence-electron chi connectivity index (χ2n) is 4.22. The molecule has 0 spiro atoms. The van der Waals surface area contributed by atoms with Gasteiger partial charge in [0.15, 0.2) is 0 Å². The lowest BCUT2D eigenvalue weighted by molar-refractivity contribution is 0.278. The van der Waals surface area contributed by atoms with Crippen molar-refractivity contribution in [2.24, 2.45) is 5.41 Å². The summed E-state index contributed by atoms with van der Waals surface area (Å²) >= 11 is 0. The van der Waals surface area contributed by atoms with Crippen LogP contribution in [0.15, 0.2) is 23.5 Å². The van der Waals surface area contributed by atoms with Gasteiger partial charge in [0.05, 0.1) is 7.11 Å². The van der Waals surface area contributed by atoms with Crippen molar-refractivity contribution in [3.63, 3.8) is 0 Å². The molecule has 0 saturated heterocycles. The van der Waals surface area contributed by atoms with Crippen LogP contribution in [0.5, 0.6) is 0 Å². The van der Waals surface area contributed by atoms with Gasteiger partial charge in [-0.25, -0.2) is 0 Å². The van der Waals surface area contributed by atoms with Gasteiger partial charge in [0, 0.05) is 0 Å². The van der Waals surface area contributed by atoms with Crippen LogP contribution in [0.2, 0.25) is 0 Å². The zero-order valence-electron chi connectivity index (χ0n) is 8.48.